The van der Waals surface area contributed by atoms with Crippen LogP contribution in [0, 0.1) is 5.82 Å². The number of anilines is 2. The van der Waals surface area contributed by atoms with E-state index >= 15 is 0 Å². The summed E-state index contributed by atoms with van der Waals surface area (Å²) >= 11 is 0. The Bertz CT molecular complexity index is 1700. The lowest BCUT2D eigenvalue weighted by molar-refractivity contribution is -0.153. The highest BCUT2D eigenvalue weighted by molar-refractivity contribution is 5.98. The predicted octanol–water partition coefficient (Wildman–Crippen LogP) is 6.30. The molecule has 4 N–H and O–H groups in total. The molecule has 13 heteroatoms. The molecule has 4 aromatic rings. The number of ether oxygens (including phenoxy) is 1. The van der Waals surface area contributed by atoms with E-state index in [9.17, 15) is 27.2 Å². The minimum atomic E-state index is -4.59. The molecule has 0 saturated carbocycles. The van der Waals surface area contributed by atoms with Gasteiger partial charge in [0, 0.05) is 36.1 Å². The van der Waals surface area contributed by atoms with Crippen LogP contribution in [-0.4, -0.2) is 53.5 Å². The van der Waals surface area contributed by atoms with E-state index in [2.05, 4.69) is 20.6 Å². The van der Waals surface area contributed by atoms with Gasteiger partial charge >= 0.3 is 6.18 Å². The minimum Gasteiger partial charge on any atom is -0.482 e. The van der Waals surface area contributed by atoms with Gasteiger partial charge in [-0.25, -0.2) is 9.37 Å². The predicted molar refractivity (Wildman–Crippen MR) is 166 cm³/mol. The van der Waals surface area contributed by atoms with Gasteiger partial charge in [-0.1, -0.05) is 24.3 Å². The Labute approximate surface area is 262 Å². The van der Waals surface area contributed by atoms with Crippen molar-refractivity contribution in [3.8, 4) is 16.9 Å². The van der Waals surface area contributed by atoms with Crippen LogP contribution in [0.5, 0.6) is 5.75 Å². The summed E-state index contributed by atoms with van der Waals surface area (Å²) in [7, 11) is 0. The van der Waals surface area contributed by atoms with Gasteiger partial charge in [0.05, 0.1) is 12.1 Å². The van der Waals surface area contributed by atoms with Gasteiger partial charge < -0.3 is 26.0 Å². The van der Waals surface area contributed by atoms with E-state index in [-0.39, 0.29) is 52.8 Å². The SMILES string of the molecule is NC(=Nc1ccc(-c2ccc(NC(=O)Cc3ccc(F)cc3)cc2)cn1)Nc1ccc(C(=O)N2CCCC2)cc1OCC(F)(F)F. The van der Waals surface area contributed by atoms with Gasteiger partial charge in [0.25, 0.3) is 5.91 Å². The van der Waals surface area contributed by atoms with Crippen LogP contribution in [0.25, 0.3) is 11.1 Å². The van der Waals surface area contributed by atoms with Crippen molar-refractivity contribution < 1.29 is 31.9 Å². The van der Waals surface area contributed by atoms with E-state index in [1.165, 1.54) is 30.3 Å². The smallest absolute Gasteiger partial charge is 0.422 e. The molecule has 2 amide bonds. The maximum Gasteiger partial charge on any atom is 0.422 e. The Hall–Kier alpha value is -5.46. The lowest BCUT2D eigenvalue weighted by atomic mass is 10.1. The molecule has 0 unspecified atom stereocenters. The number of alkyl halides is 3. The van der Waals surface area contributed by atoms with Crippen LogP contribution in [0.1, 0.15) is 28.8 Å². The summed E-state index contributed by atoms with van der Waals surface area (Å²) in [6, 6.07) is 20.4. The van der Waals surface area contributed by atoms with E-state index in [1.54, 1.807) is 47.5 Å². The van der Waals surface area contributed by atoms with E-state index in [0.29, 0.717) is 24.3 Å². The number of aromatic nitrogens is 1. The molecule has 46 heavy (non-hydrogen) atoms. The van der Waals surface area contributed by atoms with Crippen LogP contribution in [0.2, 0.25) is 0 Å². The first-order valence-electron chi connectivity index (χ1n) is 14.4. The zero-order valence-corrected chi connectivity index (χ0v) is 24.5. The summed E-state index contributed by atoms with van der Waals surface area (Å²) in [6.45, 7) is -0.370. The maximum absolute atomic E-state index is 13.1. The number of guanidine groups is 1. The van der Waals surface area contributed by atoms with Gasteiger partial charge in [-0.05, 0) is 78.6 Å². The van der Waals surface area contributed by atoms with Crippen molar-refractivity contribution in [3.63, 3.8) is 0 Å². The first-order valence-corrected chi connectivity index (χ1v) is 14.4. The van der Waals surface area contributed by atoms with Crippen molar-refractivity contribution >= 4 is 35.0 Å². The van der Waals surface area contributed by atoms with Gasteiger partial charge in [-0.3, -0.25) is 9.59 Å². The van der Waals surface area contributed by atoms with Gasteiger partial charge in [0.2, 0.25) is 5.91 Å². The first-order chi connectivity index (χ1) is 22.0. The third-order valence-electron chi connectivity index (χ3n) is 7.04. The maximum atomic E-state index is 13.1. The number of nitrogens with one attached hydrogen (secondary N) is 2. The van der Waals surface area contributed by atoms with Gasteiger partial charge in [0.1, 0.15) is 11.6 Å². The third-order valence-corrected chi connectivity index (χ3v) is 7.04. The summed E-state index contributed by atoms with van der Waals surface area (Å²) in [4.78, 5) is 35.3. The molecule has 0 spiro atoms. The number of nitrogens with zero attached hydrogens (tertiary/aromatic N) is 3. The van der Waals surface area contributed by atoms with E-state index < -0.39 is 12.8 Å². The molecule has 1 saturated heterocycles. The number of likely N-dealkylation sites (tertiary alicyclic amines) is 1. The Morgan fingerprint density at radius 3 is 2.26 bits per heavy atom. The van der Waals surface area contributed by atoms with Gasteiger partial charge in [0.15, 0.2) is 18.4 Å². The highest BCUT2D eigenvalue weighted by Crippen LogP contribution is 2.30. The summed E-state index contributed by atoms with van der Waals surface area (Å²) in [5.74, 6) is -1.00. The normalized spacial score (nSPS) is 13.4. The molecule has 5 rings (SSSR count). The fourth-order valence-corrected chi connectivity index (χ4v) is 4.79. The molecular formula is C33H30F4N6O3. The van der Waals surface area contributed by atoms with Crippen molar-refractivity contribution in [1.29, 1.82) is 0 Å². The van der Waals surface area contributed by atoms with Crippen LogP contribution in [-0.2, 0) is 11.2 Å². The fourth-order valence-electron chi connectivity index (χ4n) is 4.79. The average molecular weight is 635 g/mol. The number of benzene rings is 3. The van der Waals surface area contributed by atoms with Crippen LogP contribution >= 0.6 is 0 Å². The molecule has 1 aliphatic heterocycles. The average Bonchev–Trinajstić information content (AvgIpc) is 3.57. The van der Waals surface area contributed by atoms with E-state index in [1.807, 2.05) is 12.1 Å². The van der Waals surface area contributed by atoms with Gasteiger partial charge in [-0.2, -0.15) is 18.2 Å². The number of pyridine rings is 1. The summed E-state index contributed by atoms with van der Waals surface area (Å²) in [5, 5.41) is 5.54. The number of carbonyl (C=O) groups is 2. The van der Waals surface area contributed by atoms with Gasteiger partial charge in [-0.15, -0.1) is 0 Å². The molecule has 1 fully saturated rings. The Kier molecular flexibility index (Phi) is 9.79. The number of aliphatic imine (C=N–C) groups is 1. The molecule has 0 bridgehead atoms. The highest BCUT2D eigenvalue weighted by Gasteiger charge is 2.29. The number of carbonyl (C=O) groups excluding carboxylic acids is 2. The van der Waals surface area contributed by atoms with Crippen molar-refractivity contribution in [1.82, 2.24) is 9.88 Å². The lowest BCUT2D eigenvalue weighted by Crippen LogP contribution is -2.28. The molecule has 0 radical (unpaired) electrons. The molecule has 1 aromatic heterocycles. The summed E-state index contributed by atoms with van der Waals surface area (Å²) in [5.41, 5.74) is 9.22. The van der Waals surface area contributed by atoms with Crippen LogP contribution < -0.4 is 21.1 Å². The molecule has 238 valence electrons. The van der Waals surface area contributed by atoms with E-state index in [0.717, 1.165) is 24.0 Å². The molecule has 9 nitrogen and oxygen atoms in total. The quantitative estimate of drug-likeness (QED) is 0.113. The standard InChI is InChI=1S/C33H30F4N6O3/c34-25-9-3-21(4-10-25)17-30(44)40-26-11-5-22(6-12-26)24-8-14-29(39-19-24)42-32(38)41-27-13-7-23(31(45)43-15-1-2-16-43)18-28(27)46-20-33(35,36)37/h3-14,18-19H,1-2,15-17,20H2,(H,40,44)(H3,38,39,41,42). The second-order valence-corrected chi connectivity index (χ2v) is 10.6. The largest absolute Gasteiger partial charge is 0.482 e. The second kappa shape index (κ2) is 14.1. The number of amides is 2. The molecule has 2 heterocycles. The van der Waals surface area contributed by atoms with E-state index in [4.69, 9.17) is 10.5 Å². The minimum absolute atomic E-state index is 0.102. The number of hydrogen-bond acceptors (Lipinski definition) is 5. The molecule has 3 aromatic carbocycles. The van der Waals surface area contributed by atoms with Crippen molar-refractivity contribution in [2.45, 2.75) is 25.4 Å². The van der Waals surface area contributed by atoms with Crippen molar-refractivity contribution in [2.75, 3.05) is 30.3 Å². The Morgan fingerprint density at radius 2 is 1.61 bits per heavy atom. The highest BCUT2D eigenvalue weighted by atomic mass is 19.4. The fraction of sp³-hybridized carbons (Fsp3) is 0.212. The van der Waals surface area contributed by atoms with Crippen LogP contribution in [0.4, 0.5) is 34.8 Å². The summed E-state index contributed by atoms with van der Waals surface area (Å²) in [6.07, 6.45) is -1.16. The molecular weight excluding hydrogens is 604 g/mol. The monoisotopic (exact) mass is 634 g/mol. The molecule has 0 aliphatic carbocycles. The number of nitrogens with two attached hydrogens (primary N) is 1. The number of rotatable bonds is 9. The zero-order chi connectivity index (χ0) is 32.7. The number of halogens is 4. The number of hydrogen-bond donors (Lipinski definition) is 3. The molecule has 1 aliphatic rings. The summed E-state index contributed by atoms with van der Waals surface area (Å²) < 4.78 is 56.9. The third kappa shape index (κ3) is 8.80. The first kappa shape index (κ1) is 31.9. The van der Waals surface area contributed by atoms with Crippen LogP contribution in [0.3, 0.4) is 0 Å². The van der Waals surface area contributed by atoms with Crippen molar-refractivity contribution in [3.05, 3.63) is 102 Å². The Morgan fingerprint density at radius 1 is 0.913 bits per heavy atom. The zero-order valence-electron chi connectivity index (χ0n) is 24.5. The van der Waals surface area contributed by atoms with Crippen LogP contribution in [0.15, 0.2) is 90.1 Å². The van der Waals surface area contributed by atoms with Crippen molar-refractivity contribution in [2.24, 2.45) is 10.7 Å². The second-order valence-electron chi connectivity index (χ2n) is 10.6. The Balaban J connectivity index is 1.23. The molecule has 0 atom stereocenters. The lowest BCUT2D eigenvalue weighted by Gasteiger charge is -2.18. The topological polar surface area (TPSA) is 122 Å².